The quantitative estimate of drug-likeness (QED) is 0.136. The van der Waals surface area contributed by atoms with Gasteiger partial charge in [0.1, 0.15) is 23.2 Å². The zero-order chi connectivity index (χ0) is 53.3. The van der Waals surface area contributed by atoms with Crippen LogP contribution in [0, 0.1) is 16.7 Å². The van der Waals surface area contributed by atoms with E-state index >= 15 is 4.79 Å². The lowest BCUT2D eigenvalue weighted by atomic mass is 9.82. The van der Waals surface area contributed by atoms with Gasteiger partial charge in [0.15, 0.2) is 0 Å². The third kappa shape index (κ3) is 11.1. The Bertz CT molecular complexity index is 2790. The van der Waals surface area contributed by atoms with Gasteiger partial charge in [-0.05, 0) is 88.5 Å². The zero-order valence-electron chi connectivity index (χ0n) is 46.3. The molecule has 18 heteroatoms. The third-order valence-electron chi connectivity index (χ3n) is 17.0. The highest BCUT2D eigenvalue weighted by atomic mass is 32.1. The van der Waals surface area contributed by atoms with Gasteiger partial charge in [0.25, 0.3) is 5.91 Å². The molecule has 3 aromatic heterocycles. The van der Waals surface area contributed by atoms with Crippen LogP contribution in [0.1, 0.15) is 122 Å². The van der Waals surface area contributed by atoms with Crippen LogP contribution in [-0.2, 0) is 51.0 Å². The van der Waals surface area contributed by atoms with Crippen molar-refractivity contribution in [2.24, 2.45) is 16.7 Å². The molecule has 412 valence electrons. The highest BCUT2D eigenvalue weighted by Gasteiger charge is 2.49. The molecule has 7 aliphatic rings. The van der Waals surface area contributed by atoms with Gasteiger partial charge in [-0.15, -0.1) is 11.3 Å². The van der Waals surface area contributed by atoms with Crippen LogP contribution < -0.4 is 15.6 Å². The SMILES string of the molecule is CO[C@@H](C)c1ncc(N2CCN(C3CC3)CC2)cc1-c1c2c3cc(ccc3n1CCO[C@H]1CCOC(C)(C)C1)-c1csc(n1)[C@@H](N1CC(C)(C)C1)[C@H](NC(=O)[C@H]1OC[C@@H]1C)C(=O)N1CCCC(N1)C(=O)OCC(C)(C)C2. The van der Waals surface area contributed by atoms with Gasteiger partial charge < -0.3 is 38.5 Å². The number of cyclic esters (lactones) is 1. The first-order chi connectivity index (χ1) is 36.3. The Morgan fingerprint density at radius 1 is 0.987 bits per heavy atom. The molecular formula is C58H81N9O8S. The Morgan fingerprint density at radius 3 is 2.47 bits per heavy atom. The molecule has 11 rings (SSSR count). The van der Waals surface area contributed by atoms with Crippen molar-refractivity contribution in [3.8, 4) is 22.5 Å². The summed E-state index contributed by atoms with van der Waals surface area (Å²) in [6, 6.07) is 7.34. The van der Waals surface area contributed by atoms with Crippen LogP contribution in [0.3, 0.4) is 0 Å². The number of carbonyl (C=O) groups is 3. The molecule has 0 spiro atoms. The summed E-state index contributed by atoms with van der Waals surface area (Å²) in [6.07, 6.45) is 7.02. The molecule has 17 nitrogen and oxygen atoms in total. The van der Waals surface area contributed by atoms with Gasteiger partial charge in [0, 0.05) is 117 Å². The first kappa shape index (κ1) is 53.5. The fourth-order valence-electron chi connectivity index (χ4n) is 12.7. The summed E-state index contributed by atoms with van der Waals surface area (Å²) in [5, 5.41) is 8.59. The van der Waals surface area contributed by atoms with E-state index in [1.54, 1.807) is 7.11 Å². The van der Waals surface area contributed by atoms with E-state index in [2.05, 4.69) is 108 Å². The molecule has 0 radical (unpaired) electrons. The van der Waals surface area contributed by atoms with E-state index in [-0.39, 0.29) is 47.6 Å². The predicted molar refractivity (Wildman–Crippen MR) is 293 cm³/mol. The average Bonchev–Trinajstić information content (AvgIpc) is 4.07. The normalized spacial score (nSPS) is 28.5. The smallest absolute Gasteiger partial charge is 0.324 e. The molecule has 7 atom stereocenters. The number of esters is 1. The molecule has 1 saturated carbocycles. The van der Waals surface area contributed by atoms with Gasteiger partial charge in [-0.1, -0.05) is 40.7 Å². The Hall–Kier alpha value is -4.53. The van der Waals surface area contributed by atoms with Crippen LogP contribution >= 0.6 is 11.3 Å². The number of rotatable bonds is 12. The number of anilines is 1. The van der Waals surface area contributed by atoms with E-state index < -0.39 is 35.6 Å². The van der Waals surface area contributed by atoms with E-state index in [1.165, 1.54) is 29.2 Å². The number of ether oxygens (including phenoxy) is 5. The van der Waals surface area contributed by atoms with Crippen molar-refractivity contribution >= 4 is 45.7 Å². The maximum atomic E-state index is 15.1. The highest BCUT2D eigenvalue weighted by molar-refractivity contribution is 7.10. The van der Waals surface area contributed by atoms with Gasteiger partial charge in [-0.25, -0.2) is 10.4 Å². The number of fused-ring (bicyclic) bond motifs is 6. The molecule has 6 bridgehead atoms. The number of benzene rings is 1. The van der Waals surface area contributed by atoms with Crippen molar-refractivity contribution in [3.05, 3.63) is 52.1 Å². The van der Waals surface area contributed by atoms with Crippen molar-refractivity contribution in [1.82, 2.24) is 40.1 Å². The average molecular weight is 1060 g/mol. The van der Waals surface area contributed by atoms with Gasteiger partial charge in [-0.2, -0.15) is 0 Å². The number of amides is 2. The van der Waals surface area contributed by atoms with Crippen molar-refractivity contribution in [2.75, 3.05) is 84.3 Å². The molecule has 76 heavy (non-hydrogen) atoms. The second-order valence-corrected chi connectivity index (χ2v) is 26.0. The summed E-state index contributed by atoms with van der Waals surface area (Å²) in [4.78, 5) is 61.7. The summed E-state index contributed by atoms with van der Waals surface area (Å²) in [6.45, 7) is 25.1. The molecule has 4 aromatic rings. The largest absolute Gasteiger partial charge is 0.464 e. The topological polar surface area (TPSA) is 165 Å². The number of hydrogen-bond acceptors (Lipinski definition) is 15. The number of thiazole rings is 1. The van der Waals surface area contributed by atoms with Crippen molar-refractivity contribution in [2.45, 2.75) is 155 Å². The number of nitrogens with one attached hydrogen (secondary N) is 2. The lowest BCUT2D eigenvalue weighted by Gasteiger charge is -2.51. The van der Waals surface area contributed by atoms with Crippen molar-refractivity contribution in [1.29, 1.82) is 0 Å². The van der Waals surface area contributed by atoms with Crippen LogP contribution in [0.5, 0.6) is 0 Å². The van der Waals surface area contributed by atoms with Crippen molar-refractivity contribution < 1.29 is 38.1 Å². The Balaban J connectivity index is 1.06. The standard InChI is InChI=1S/C58H81N9O8S/c1-35-30-73-51(35)52(68)61-48-50(65-32-57(5,6)33-65)53-60-45(31-76-53)37-12-15-46-41(25-37)43(28-56(3,4)34-74-55(70)44-11-10-17-67(62-44)54(48)69)49(66(46)22-24-72-40-16-23-75-58(7,8)27-40)42-26-39(29-59-47(42)36(2)71-9)64-20-18-63(19-21-64)38-13-14-38/h12,15,25-26,29,31,35-36,38,40,44,48,50-51,62H,10-11,13-14,16-24,27-28,30,32-34H2,1-9H3,(H,61,68)/t35-,36-,40-,44?,48-,50-,51-/m0/s1. The highest BCUT2D eigenvalue weighted by Crippen LogP contribution is 2.45. The zero-order valence-corrected chi connectivity index (χ0v) is 47.1. The minimum Gasteiger partial charge on any atom is -0.464 e. The van der Waals surface area contributed by atoms with E-state index in [0.717, 1.165) is 100 Å². The number of likely N-dealkylation sites (tertiary alicyclic amines) is 1. The summed E-state index contributed by atoms with van der Waals surface area (Å²) in [5.74, 6) is -1.04. The van der Waals surface area contributed by atoms with Gasteiger partial charge in [-0.3, -0.25) is 34.2 Å². The maximum absolute atomic E-state index is 15.1. The number of hydrazine groups is 1. The number of pyridine rings is 1. The Labute approximate surface area is 452 Å². The van der Waals surface area contributed by atoms with E-state index in [1.807, 2.05) is 13.1 Å². The predicted octanol–water partition coefficient (Wildman–Crippen LogP) is 7.32. The lowest BCUT2D eigenvalue weighted by molar-refractivity contribution is -0.163. The number of nitrogens with zero attached hydrogens (tertiary/aromatic N) is 7. The second kappa shape index (κ2) is 21.3. The monoisotopic (exact) mass is 1060 g/mol. The lowest BCUT2D eigenvalue weighted by Crippen LogP contribution is -2.66. The Kier molecular flexibility index (Phi) is 15.0. The molecule has 2 amide bonds. The molecule has 5 saturated heterocycles. The minimum atomic E-state index is -1.02. The van der Waals surface area contributed by atoms with Crippen LogP contribution in [0.2, 0.25) is 0 Å². The molecule has 6 aliphatic heterocycles. The Morgan fingerprint density at radius 2 is 1.78 bits per heavy atom. The summed E-state index contributed by atoms with van der Waals surface area (Å²) in [5.41, 5.74) is 10.4. The molecule has 1 aromatic carbocycles. The molecule has 2 N–H and O–H groups in total. The molecule has 9 heterocycles. The fraction of sp³-hybridized carbons (Fsp3) is 0.672. The first-order valence-corrected chi connectivity index (χ1v) is 29.0. The second-order valence-electron chi connectivity index (χ2n) is 25.1. The number of piperazine rings is 1. The van der Waals surface area contributed by atoms with Crippen LogP contribution in [0.15, 0.2) is 35.8 Å². The number of aromatic nitrogens is 3. The first-order valence-electron chi connectivity index (χ1n) is 28.1. The fourth-order valence-corrected chi connectivity index (χ4v) is 13.7. The molecule has 1 aliphatic carbocycles. The summed E-state index contributed by atoms with van der Waals surface area (Å²) >= 11 is 1.51. The van der Waals surface area contributed by atoms with Crippen LogP contribution in [-0.4, -0.2) is 162 Å². The number of carbonyl (C=O) groups excluding carboxylic acids is 3. The maximum Gasteiger partial charge on any atom is 0.324 e. The van der Waals surface area contributed by atoms with Crippen LogP contribution in [0.4, 0.5) is 5.69 Å². The van der Waals surface area contributed by atoms with Crippen LogP contribution in [0.25, 0.3) is 33.4 Å². The molecule has 1 unspecified atom stereocenters. The summed E-state index contributed by atoms with van der Waals surface area (Å²) in [7, 11) is 1.74. The van der Waals surface area contributed by atoms with Gasteiger partial charge >= 0.3 is 5.97 Å². The number of hydrogen-bond donors (Lipinski definition) is 2. The van der Waals surface area contributed by atoms with Crippen molar-refractivity contribution in [3.63, 3.8) is 0 Å². The van der Waals surface area contributed by atoms with E-state index in [0.29, 0.717) is 65.3 Å². The summed E-state index contributed by atoms with van der Waals surface area (Å²) < 4.78 is 33.6. The van der Waals surface area contributed by atoms with Gasteiger partial charge in [0.05, 0.1) is 72.6 Å². The molecule has 6 fully saturated rings. The minimum absolute atomic E-state index is 0.00103. The third-order valence-corrected chi connectivity index (χ3v) is 18.0. The van der Waals surface area contributed by atoms with E-state index in [4.69, 9.17) is 33.7 Å². The number of methoxy groups -OCH3 is 1. The van der Waals surface area contributed by atoms with E-state index in [9.17, 15) is 9.59 Å². The van der Waals surface area contributed by atoms with Gasteiger partial charge in [0.2, 0.25) is 5.91 Å². The molecular weight excluding hydrogens is 983 g/mol.